The van der Waals surface area contributed by atoms with Crippen molar-refractivity contribution in [1.82, 2.24) is 5.32 Å². The summed E-state index contributed by atoms with van der Waals surface area (Å²) in [5, 5.41) is 11.1. The molecule has 1 atom stereocenters. The average molecular weight is 285 g/mol. The summed E-state index contributed by atoms with van der Waals surface area (Å²) >= 11 is 0. The van der Waals surface area contributed by atoms with Gasteiger partial charge < -0.3 is 15.2 Å². The molecule has 0 aliphatic carbocycles. The zero-order valence-corrected chi connectivity index (χ0v) is 12.0. The van der Waals surface area contributed by atoms with Crippen LogP contribution in [0.5, 0.6) is 5.75 Å². The van der Waals surface area contributed by atoms with Gasteiger partial charge in [-0.05, 0) is 36.6 Å². The van der Waals surface area contributed by atoms with E-state index in [1.165, 1.54) is 0 Å². The molecular weight excluding hydrogens is 266 g/mol. The standard InChI is InChI=1S/C17H19NO3/c1-13(18-17(19)20)10-15-8-5-9-16(11-15)21-12-14-6-3-2-4-7-14/h2-9,11,13,18H,10,12H2,1H3,(H,19,20)/t13-/m0/s1. The lowest BCUT2D eigenvalue weighted by molar-refractivity contribution is 0.190. The normalized spacial score (nSPS) is 11.7. The van der Waals surface area contributed by atoms with Crippen molar-refractivity contribution < 1.29 is 14.6 Å². The van der Waals surface area contributed by atoms with Crippen molar-refractivity contribution in [2.24, 2.45) is 0 Å². The first-order valence-electron chi connectivity index (χ1n) is 6.88. The topological polar surface area (TPSA) is 58.6 Å². The Hall–Kier alpha value is -2.49. The number of ether oxygens (including phenoxy) is 1. The van der Waals surface area contributed by atoms with Crippen LogP contribution in [0.15, 0.2) is 54.6 Å². The van der Waals surface area contributed by atoms with Gasteiger partial charge in [0.25, 0.3) is 0 Å². The summed E-state index contributed by atoms with van der Waals surface area (Å²) in [6.07, 6.45) is -0.367. The highest BCUT2D eigenvalue weighted by Gasteiger charge is 2.07. The number of benzene rings is 2. The van der Waals surface area contributed by atoms with Gasteiger partial charge in [0.2, 0.25) is 0 Å². The molecule has 2 N–H and O–H groups in total. The minimum absolute atomic E-state index is 0.133. The van der Waals surface area contributed by atoms with E-state index in [0.717, 1.165) is 16.9 Å². The first kappa shape index (κ1) is 14.9. The summed E-state index contributed by atoms with van der Waals surface area (Å²) in [4.78, 5) is 10.6. The summed E-state index contributed by atoms with van der Waals surface area (Å²) in [6, 6.07) is 17.6. The fourth-order valence-electron chi connectivity index (χ4n) is 2.12. The molecule has 0 fully saturated rings. The predicted molar refractivity (Wildman–Crippen MR) is 81.5 cm³/mol. The summed E-state index contributed by atoms with van der Waals surface area (Å²) in [7, 11) is 0. The fraction of sp³-hybridized carbons (Fsp3) is 0.235. The molecule has 0 aliphatic heterocycles. The number of nitrogens with one attached hydrogen (secondary N) is 1. The van der Waals surface area contributed by atoms with Crippen LogP contribution in [0.4, 0.5) is 4.79 Å². The second-order valence-corrected chi connectivity index (χ2v) is 4.98. The van der Waals surface area contributed by atoms with Gasteiger partial charge in [0.1, 0.15) is 12.4 Å². The molecule has 2 rings (SSSR count). The lowest BCUT2D eigenvalue weighted by Gasteiger charge is -2.12. The van der Waals surface area contributed by atoms with Gasteiger partial charge in [-0.1, -0.05) is 42.5 Å². The van der Waals surface area contributed by atoms with Crippen molar-refractivity contribution in [3.63, 3.8) is 0 Å². The van der Waals surface area contributed by atoms with Gasteiger partial charge in [-0.15, -0.1) is 0 Å². The van der Waals surface area contributed by atoms with Crippen molar-refractivity contribution in [2.75, 3.05) is 0 Å². The molecule has 0 aromatic heterocycles. The molecule has 4 heteroatoms. The zero-order valence-electron chi connectivity index (χ0n) is 12.0. The first-order chi connectivity index (χ1) is 10.1. The van der Waals surface area contributed by atoms with Gasteiger partial charge in [-0.3, -0.25) is 0 Å². The predicted octanol–water partition coefficient (Wildman–Crippen LogP) is 3.46. The van der Waals surface area contributed by atoms with Crippen LogP contribution in [-0.4, -0.2) is 17.2 Å². The highest BCUT2D eigenvalue weighted by molar-refractivity contribution is 5.64. The zero-order chi connectivity index (χ0) is 15.1. The van der Waals surface area contributed by atoms with Crippen LogP contribution in [-0.2, 0) is 13.0 Å². The van der Waals surface area contributed by atoms with E-state index in [4.69, 9.17) is 9.84 Å². The molecule has 21 heavy (non-hydrogen) atoms. The van der Waals surface area contributed by atoms with E-state index < -0.39 is 6.09 Å². The number of carboxylic acid groups (broad SMARTS) is 1. The Morgan fingerprint density at radius 3 is 2.57 bits per heavy atom. The Labute approximate surface area is 124 Å². The highest BCUT2D eigenvalue weighted by atomic mass is 16.5. The minimum atomic E-state index is -1.00. The number of carbonyl (C=O) groups is 1. The van der Waals surface area contributed by atoms with E-state index in [1.807, 2.05) is 61.5 Å². The summed E-state index contributed by atoms with van der Waals surface area (Å²) < 4.78 is 5.76. The molecule has 0 bridgehead atoms. The van der Waals surface area contributed by atoms with E-state index in [2.05, 4.69) is 5.32 Å². The van der Waals surface area contributed by atoms with Crippen LogP contribution in [0.1, 0.15) is 18.1 Å². The van der Waals surface area contributed by atoms with Crippen LogP contribution >= 0.6 is 0 Å². The monoisotopic (exact) mass is 285 g/mol. The molecular formula is C17H19NO3. The molecule has 2 aromatic rings. The summed E-state index contributed by atoms with van der Waals surface area (Å²) in [6.45, 7) is 2.36. The van der Waals surface area contributed by atoms with Gasteiger partial charge in [0.15, 0.2) is 0 Å². The Balaban J connectivity index is 1.93. The van der Waals surface area contributed by atoms with Gasteiger partial charge in [-0.2, -0.15) is 0 Å². The largest absolute Gasteiger partial charge is 0.489 e. The third-order valence-electron chi connectivity index (χ3n) is 3.06. The first-order valence-corrected chi connectivity index (χ1v) is 6.88. The molecule has 0 radical (unpaired) electrons. The number of hydrogen-bond acceptors (Lipinski definition) is 2. The fourth-order valence-corrected chi connectivity index (χ4v) is 2.12. The molecule has 0 saturated heterocycles. The highest BCUT2D eigenvalue weighted by Crippen LogP contribution is 2.16. The maximum absolute atomic E-state index is 10.6. The molecule has 0 heterocycles. The van der Waals surface area contributed by atoms with Crippen LogP contribution in [0.25, 0.3) is 0 Å². The van der Waals surface area contributed by atoms with E-state index in [9.17, 15) is 4.79 Å². The van der Waals surface area contributed by atoms with Crippen molar-refractivity contribution in [2.45, 2.75) is 26.0 Å². The van der Waals surface area contributed by atoms with Gasteiger partial charge >= 0.3 is 6.09 Å². The number of rotatable bonds is 6. The van der Waals surface area contributed by atoms with Crippen LogP contribution in [0, 0.1) is 0 Å². The average Bonchev–Trinajstić information content (AvgIpc) is 2.46. The van der Waals surface area contributed by atoms with Crippen molar-refractivity contribution in [3.8, 4) is 5.75 Å². The Kier molecular flexibility index (Phi) is 5.21. The van der Waals surface area contributed by atoms with Gasteiger partial charge in [0.05, 0.1) is 0 Å². The number of hydrogen-bond donors (Lipinski definition) is 2. The third kappa shape index (κ3) is 5.18. The smallest absolute Gasteiger partial charge is 0.404 e. The number of amides is 1. The van der Waals surface area contributed by atoms with Crippen molar-refractivity contribution in [1.29, 1.82) is 0 Å². The lowest BCUT2D eigenvalue weighted by Crippen LogP contribution is -2.32. The molecule has 0 aliphatic rings. The molecule has 0 unspecified atom stereocenters. The van der Waals surface area contributed by atoms with E-state index in [1.54, 1.807) is 0 Å². The van der Waals surface area contributed by atoms with Crippen molar-refractivity contribution >= 4 is 6.09 Å². The third-order valence-corrected chi connectivity index (χ3v) is 3.06. The van der Waals surface area contributed by atoms with Crippen molar-refractivity contribution in [3.05, 3.63) is 65.7 Å². The summed E-state index contributed by atoms with van der Waals surface area (Å²) in [5.41, 5.74) is 2.16. The molecule has 0 saturated carbocycles. The summed E-state index contributed by atoms with van der Waals surface area (Å²) in [5.74, 6) is 0.791. The van der Waals surface area contributed by atoms with Crippen LogP contribution in [0.3, 0.4) is 0 Å². The van der Waals surface area contributed by atoms with Gasteiger partial charge in [-0.25, -0.2) is 4.79 Å². The Bertz CT molecular complexity index is 584. The SMILES string of the molecule is C[C@@H](Cc1cccc(OCc2ccccc2)c1)NC(=O)O. The second-order valence-electron chi connectivity index (χ2n) is 4.98. The maximum atomic E-state index is 10.6. The van der Waals surface area contributed by atoms with Gasteiger partial charge in [0, 0.05) is 6.04 Å². The maximum Gasteiger partial charge on any atom is 0.404 e. The Morgan fingerprint density at radius 1 is 1.14 bits per heavy atom. The second kappa shape index (κ2) is 7.33. The van der Waals surface area contributed by atoms with E-state index >= 15 is 0 Å². The van der Waals surface area contributed by atoms with Crippen LogP contribution < -0.4 is 10.1 Å². The molecule has 4 nitrogen and oxygen atoms in total. The quantitative estimate of drug-likeness (QED) is 0.854. The Morgan fingerprint density at radius 2 is 1.86 bits per heavy atom. The van der Waals surface area contributed by atoms with E-state index in [-0.39, 0.29) is 6.04 Å². The molecule has 1 amide bonds. The molecule has 2 aromatic carbocycles. The molecule has 110 valence electrons. The van der Waals surface area contributed by atoms with Crippen LogP contribution in [0.2, 0.25) is 0 Å². The van der Waals surface area contributed by atoms with E-state index in [0.29, 0.717) is 13.0 Å². The molecule has 0 spiro atoms. The lowest BCUT2D eigenvalue weighted by atomic mass is 10.1. The minimum Gasteiger partial charge on any atom is -0.489 e.